The highest BCUT2D eigenvalue weighted by atomic mass is 16.5. The lowest BCUT2D eigenvalue weighted by Crippen LogP contribution is -2.39. The zero-order chi connectivity index (χ0) is 28.4. The predicted molar refractivity (Wildman–Crippen MR) is 158 cm³/mol. The summed E-state index contributed by atoms with van der Waals surface area (Å²) < 4.78 is 4.95. The maximum absolute atomic E-state index is 12.5. The first-order chi connectivity index (χ1) is 19.0. The molecule has 0 heterocycles. The molecule has 0 aliphatic heterocycles. The third-order valence-corrected chi connectivity index (χ3v) is 7.76. The monoisotopic (exact) mass is 553 g/mol. The van der Waals surface area contributed by atoms with Gasteiger partial charge >= 0.3 is 12.0 Å². The average molecular weight is 554 g/mol. The third-order valence-electron chi connectivity index (χ3n) is 7.76. The Labute approximate surface area is 238 Å². The molecule has 0 aromatic rings. The van der Waals surface area contributed by atoms with Crippen LogP contribution in [0.25, 0.3) is 0 Å². The van der Waals surface area contributed by atoms with Crippen molar-refractivity contribution in [1.82, 2.24) is 16.0 Å². The molecule has 0 spiro atoms. The minimum Gasteiger partial charge on any atom is -0.466 e. The summed E-state index contributed by atoms with van der Waals surface area (Å²) in [5, 5.41) is 17.7. The van der Waals surface area contributed by atoms with Gasteiger partial charge in [-0.05, 0) is 44.9 Å². The van der Waals surface area contributed by atoms with E-state index in [1.165, 1.54) is 71.1 Å². The fraction of sp³-hybridized carbons (Fsp3) is 0.903. The number of hydrogen-bond acceptors (Lipinski definition) is 5. The van der Waals surface area contributed by atoms with E-state index in [4.69, 9.17) is 9.84 Å². The van der Waals surface area contributed by atoms with E-state index < -0.39 is 0 Å². The minimum atomic E-state index is -0.271. The fourth-order valence-corrected chi connectivity index (χ4v) is 4.97. The topological polar surface area (TPSA) is 117 Å². The SMILES string of the molecule is CC(=O)OCCCCCCCCCCCCCCCCNC(=O)NCCC1(C(=O)NCCCCCCO)CC1. The van der Waals surface area contributed by atoms with Crippen molar-refractivity contribution in [3.8, 4) is 0 Å². The van der Waals surface area contributed by atoms with Crippen LogP contribution in [0.4, 0.5) is 4.79 Å². The number of amides is 3. The molecule has 0 unspecified atom stereocenters. The van der Waals surface area contributed by atoms with Gasteiger partial charge in [0.05, 0.1) is 12.0 Å². The normalized spacial score (nSPS) is 13.6. The van der Waals surface area contributed by atoms with Crippen molar-refractivity contribution in [2.45, 2.75) is 142 Å². The number of carbonyl (C=O) groups is 3. The van der Waals surface area contributed by atoms with Gasteiger partial charge in [0.25, 0.3) is 0 Å². The van der Waals surface area contributed by atoms with Crippen LogP contribution in [0, 0.1) is 5.41 Å². The Morgan fingerprint density at radius 2 is 1.05 bits per heavy atom. The molecule has 0 bridgehead atoms. The molecule has 1 aliphatic rings. The highest BCUT2D eigenvalue weighted by molar-refractivity contribution is 5.85. The van der Waals surface area contributed by atoms with E-state index in [0.29, 0.717) is 32.7 Å². The van der Waals surface area contributed by atoms with E-state index in [1.807, 2.05) is 0 Å². The molecule has 1 saturated carbocycles. The van der Waals surface area contributed by atoms with Crippen LogP contribution in [0.5, 0.6) is 0 Å². The standard InChI is InChI=1S/C31H59N3O5/c1-28(36)39-27-19-15-11-9-7-5-3-2-4-6-8-10-12-17-24-33-30(38)34-25-22-31(20-21-31)29(37)32-23-16-13-14-18-26-35/h35H,2-27H2,1H3,(H,32,37)(H2,33,34,38). The van der Waals surface area contributed by atoms with E-state index >= 15 is 0 Å². The Hall–Kier alpha value is -1.83. The molecule has 1 aliphatic carbocycles. The molecule has 228 valence electrons. The second kappa shape index (κ2) is 24.0. The second-order valence-corrected chi connectivity index (χ2v) is 11.4. The molecule has 1 fully saturated rings. The van der Waals surface area contributed by atoms with Crippen molar-refractivity contribution >= 4 is 17.9 Å². The molecule has 0 saturated heterocycles. The number of ether oxygens (including phenoxy) is 1. The van der Waals surface area contributed by atoms with Crippen LogP contribution in [-0.4, -0.2) is 55.9 Å². The van der Waals surface area contributed by atoms with E-state index in [-0.39, 0.29) is 29.9 Å². The molecule has 4 N–H and O–H groups in total. The lowest BCUT2D eigenvalue weighted by atomic mass is 10.0. The van der Waals surface area contributed by atoms with Gasteiger partial charge < -0.3 is 25.8 Å². The zero-order valence-electron chi connectivity index (χ0n) is 25.0. The molecule has 0 atom stereocenters. The molecule has 1 rings (SSSR count). The van der Waals surface area contributed by atoms with Crippen molar-refractivity contribution in [2.75, 3.05) is 32.8 Å². The summed E-state index contributed by atoms with van der Waals surface area (Å²) in [7, 11) is 0. The number of hydrogen-bond donors (Lipinski definition) is 4. The summed E-state index contributed by atoms with van der Waals surface area (Å²) in [5.41, 5.74) is -0.271. The number of rotatable bonds is 27. The molecule has 0 aromatic carbocycles. The van der Waals surface area contributed by atoms with Crippen LogP contribution in [0.1, 0.15) is 142 Å². The Bertz CT molecular complexity index is 640. The Kier molecular flexibility index (Phi) is 21.7. The average Bonchev–Trinajstić information content (AvgIpc) is 3.70. The van der Waals surface area contributed by atoms with E-state index in [2.05, 4.69) is 16.0 Å². The summed E-state index contributed by atoms with van der Waals surface area (Å²) in [6, 6.07) is -0.128. The summed E-state index contributed by atoms with van der Waals surface area (Å²) in [4.78, 5) is 35.2. The quantitative estimate of drug-likeness (QED) is 0.0719. The highest BCUT2D eigenvalue weighted by Crippen LogP contribution is 2.48. The first-order valence-electron chi connectivity index (χ1n) is 16.0. The van der Waals surface area contributed by atoms with E-state index in [0.717, 1.165) is 64.2 Å². The van der Waals surface area contributed by atoms with E-state index in [9.17, 15) is 14.4 Å². The molecule has 8 heteroatoms. The summed E-state index contributed by atoms with van der Waals surface area (Å²) in [5.74, 6) is -0.0456. The van der Waals surface area contributed by atoms with Crippen LogP contribution >= 0.6 is 0 Å². The van der Waals surface area contributed by atoms with Crippen molar-refractivity contribution < 1.29 is 24.2 Å². The molecule has 39 heavy (non-hydrogen) atoms. The molecular weight excluding hydrogens is 494 g/mol. The van der Waals surface area contributed by atoms with Gasteiger partial charge in [-0.25, -0.2) is 4.79 Å². The summed E-state index contributed by atoms with van der Waals surface area (Å²) >= 11 is 0. The minimum absolute atomic E-state index is 0.128. The van der Waals surface area contributed by atoms with Crippen molar-refractivity contribution in [3.63, 3.8) is 0 Å². The Morgan fingerprint density at radius 1 is 0.615 bits per heavy atom. The van der Waals surface area contributed by atoms with Gasteiger partial charge in [-0.3, -0.25) is 9.59 Å². The van der Waals surface area contributed by atoms with Gasteiger partial charge in [0.2, 0.25) is 5.91 Å². The van der Waals surface area contributed by atoms with Crippen molar-refractivity contribution in [3.05, 3.63) is 0 Å². The Balaban J connectivity index is 1.82. The van der Waals surface area contributed by atoms with Gasteiger partial charge in [0.15, 0.2) is 0 Å². The maximum atomic E-state index is 12.5. The van der Waals surface area contributed by atoms with Crippen LogP contribution in [-0.2, 0) is 14.3 Å². The van der Waals surface area contributed by atoms with E-state index in [1.54, 1.807) is 0 Å². The van der Waals surface area contributed by atoms with Crippen molar-refractivity contribution in [2.24, 2.45) is 5.41 Å². The molecule has 8 nitrogen and oxygen atoms in total. The van der Waals surface area contributed by atoms with Gasteiger partial charge in [-0.2, -0.15) is 0 Å². The fourth-order valence-electron chi connectivity index (χ4n) is 4.97. The molecule has 0 radical (unpaired) electrons. The highest BCUT2D eigenvalue weighted by Gasteiger charge is 2.48. The largest absolute Gasteiger partial charge is 0.466 e. The lowest BCUT2D eigenvalue weighted by Gasteiger charge is -2.16. The third kappa shape index (κ3) is 20.7. The first kappa shape index (κ1) is 35.2. The summed E-state index contributed by atoms with van der Waals surface area (Å²) in [6.45, 7) is 4.21. The Morgan fingerprint density at radius 3 is 1.54 bits per heavy atom. The van der Waals surface area contributed by atoms with Gasteiger partial charge in [-0.1, -0.05) is 89.9 Å². The second-order valence-electron chi connectivity index (χ2n) is 11.4. The van der Waals surface area contributed by atoms with Crippen molar-refractivity contribution in [1.29, 1.82) is 0 Å². The zero-order valence-corrected chi connectivity index (χ0v) is 25.0. The lowest BCUT2D eigenvalue weighted by molar-refractivity contribution is -0.141. The number of esters is 1. The number of urea groups is 1. The van der Waals surface area contributed by atoms with Crippen LogP contribution in [0.15, 0.2) is 0 Å². The predicted octanol–water partition coefficient (Wildman–Crippen LogP) is 6.15. The number of aliphatic hydroxyl groups is 1. The number of aliphatic hydroxyl groups excluding tert-OH is 1. The number of unbranched alkanes of at least 4 members (excludes halogenated alkanes) is 16. The number of carbonyl (C=O) groups excluding carboxylic acids is 3. The molecule has 3 amide bonds. The number of nitrogens with one attached hydrogen (secondary N) is 3. The van der Waals surface area contributed by atoms with Crippen LogP contribution in [0.2, 0.25) is 0 Å². The molecular formula is C31H59N3O5. The smallest absolute Gasteiger partial charge is 0.314 e. The molecule has 0 aromatic heterocycles. The summed E-state index contributed by atoms with van der Waals surface area (Å²) in [6.07, 6.45) is 23.6. The van der Waals surface area contributed by atoms with Gasteiger partial charge in [0.1, 0.15) is 0 Å². The van der Waals surface area contributed by atoms with Gasteiger partial charge in [0, 0.05) is 33.2 Å². The first-order valence-corrected chi connectivity index (χ1v) is 16.0. The maximum Gasteiger partial charge on any atom is 0.314 e. The van der Waals surface area contributed by atoms with Gasteiger partial charge in [-0.15, -0.1) is 0 Å². The van der Waals surface area contributed by atoms with Crippen LogP contribution in [0.3, 0.4) is 0 Å². The van der Waals surface area contributed by atoms with Crippen LogP contribution < -0.4 is 16.0 Å².